The lowest BCUT2D eigenvalue weighted by Gasteiger charge is -2.04. The van der Waals surface area contributed by atoms with Gasteiger partial charge in [0, 0.05) is 0 Å². The number of aromatic nitrogens is 2. The number of aryl methyl sites for hydroxylation is 1. The molecule has 0 saturated carbocycles. The predicted molar refractivity (Wildman–Crippen MR) is 94.8 cm³/mol. The Labute approximate surface area is 136 Å². The van der Waals surface area contributed by atoms with Crippen LogP contribution in [0.25, 0.3) is 22.7 Å². The number of aromatic amines is 1. The van der Waals surface area contributed by atoms with Gasteiger partial charge in [-0.25, -0.2) is 4.98 Å². The molecule has 0 fully saturated rings. The molecule has 0 saturated heterocycles. The largest absolute Gasteiger partial charge is 0.337 e. The lowest BCUT2D eigenvalue weighted by Crippen LogP contribution is -1.88. The van der Waals surface area contributed by atoms with Crippen LogP contribution in [-0.2, 0) is 0 Å². The topological polar surface area (TPSA) is 52.5 Å². The van der Waals surface area contributed by atoms with Crippen molar-refractivity contribution in [3.05, 3.63) is 65.0 Å². The first kappa shape index (κ1) is 15.1. The van der Waals surface area contributed by atoms with Gasteiger partial charge in [-0.2, -0.15) is 5.26 Å². The van der Waals surface area contributed by atoms with Crippen molar-refractivity contribution < 1.29 is 0 Å². The summed E-state index contributed by atoms with van der Waals surface area (Å²) >= 11 is 0. The second-order valence-corrected chi connectivity index (χ2v) is 6.10. The van der Waals surface area contributed by atoms with Crippen molar-refractivity contribution in [2.45, 2.75) is 26.7 Å². The van der Waals surface area contributed by atoms with Crippen LogP contribution in [0.4, 0.5) is 0 Å². The summed E-state index contributed by atoms with van der Waals surface area (Å²) in [6, 6.07) is 16.6. The van der Waals surface area contributed by atoms with Crippen molar-refractivity contribution in [2.75, 3.05) is 0 Å². The first-order chi connectivity index (χ1) is 11.1. The number of benzene rings is 2. The second-order valence-electron chi connectivity index (χ2n) is 6.10. The minimum atomic E-state index is 0.502. The fourth-order valence-corrected chi connectivity index (χ4v) is 2.55. The third kappa shape index (κ3) is 3.17. The normalized spacial score (nSPS) is 11.9. The third-order valence-electron chi connectivity index (χ3n) is 3.93. The molecule has 0 unspecified atom stereocenters. The Morgan fingerprint density at radius 2 is 1.91 bits per heavy atom. The maximum atomic E-state index is 9.49. The highest BCUT2D eigenvalue weighted by molar-refractivity contribution is 5.90. The Hall–Kier alpha value is -2.86. The Balaban J connectivity index is 1.98. The lowest BCUT2D eigenvalue weighted by atomic mass is 10.0. The minimum absolute atomic E-state index is 0.502. The molecular formula is C20H19N3. The van der Waals surface area contributed by atoms with Crippen molar-refractivity contribution in [2.24, 2.45) is 0 Å². The number of nitrogens with one attached hydrogen (secondary N) is 1. The lowest BCUT2D eigenvalue weighted by molar-refractivity contribution is 0.866. The molecule has 3 aromatic rings. The molecule has 0 aliphatic rings. The Morgan fingerprint density at radius 1 is 1.17 bits per heavy atom. The molecule has 114 valence electrons. The van der Waals surface area contributed by atoms with Crippen LogP contribution in [0, 0.1) is 18.3 Å². The third-order valence-corrected chi connectivity index (χ3v) is 3.93. The molecule has 23 heavy (non-hydrogen) atoms. The van der Waals surface area contributed by atoms with Gasteiger partial charge in [0.2, 0.25) is 0 Å². The number of fused-ring (bicyclic) bond motifs is 1. The molecule has 1 aromatic heterocycles. The number of nitrogens with zero attached hydrogens (tertiary/aromatic N) is 2. The molecule has 3 nitrogen and oxygen atoms in total. The first-order valence-electron chi connectivity index (χ1n) is 7.75. The summed E-state index contributed by atoms with van der Waals surface area (Å²) < 4.78 is 0. The van der Waals surface area contributed by atoms with Crippen LogP contribution >= 0.6 is 0 Å². The van der Waals surface area contributed by atoms with E-state index in [1.807, 2.05) is 43.3 Å². The zero-order chi connectivity index (χ0) is 16.4. The monoisotopic (exact) mass is 301 g/mol. The highest BCUT2D eigenvalue weighted by Gasteiger charge is 2.08. The molecule has 0 spiro atoms. The van der Waals surface area contributed by atoms with Gasteiger partial charge in [0.05, 0.1) is 16.6 Å². The SMILES string of the molecule is Cc1ccc2nc(/C(C#N)=C/c3ccc(C(C)C)cc3)[nH]c2c1. The Bertz CT molecular complexity index is 906. The maximum absolute atomic E-state index is 9.49. The summed E-state index contributed by atoms with van der Waals surface area (Å²) in [4.78, 5) is 7.76. The van der Waals surface area contributed by atoms with Crippen LogP contribution in [0.15, 0.2) is 42.5 Å². The van der Waals surface area contributed by atoms with E-state index in [4.69, 9.17) is 0 Å². The summed E-state index contributed by atoms with van der Waals surface area (Å²) in [6.45, 7) is 6.38. The van der Waals surface area contributed by atoms with Crippen molar-refractivity contribution in [1.82, 2.24) is 9.97 Å². The Morgan fingerprint density at radius 3 is 2.57 bits per heavy atom. The van der Waals surface area contributed by atoms with Crippen LogP contribution in [0.3, 0.4) is 0 Å². The molecule has 0 aliphatic carbocycles. The molecule has 0 amide bonds. The van der Waals surface area contributed by atoms with E-state index in [9.17, 15) is 5.26 Å². The molecule has 1 N–H and O–H groups in total. The van der Waals surface area contributed by atoms with Crippen LogP contribution in [0.1, 0.15) is 42.3 Å². The number of allylic oxidation sites excluding steroid dienone is 1. The van der Waals surface area contributed by atoms with Gasteiger partial charge in [-0.15, -0.1) is 0 Å². The highest BCUT2D eigenvalue weighted by Crippen LogP contribution is 2.21. The Kier molecular flexibility index (Phi) is 3.99. The van der Waals surface area contributed by atoms with E-state index in [1.54, 1.807) is 0 Å². The molecule has 0 radical (unpaired) electrons. The van der Waals surface area contributed by atoms with Crippen molar-refractivity contribution in [1.29, 1.82) is 5.26 Å². The van der Waals surface area contributed by atoms with E-state index in [0.29, 0.717) is 17.3 Å². The highest BCUT2D eigenvalue weighted by atomic mass is 14.9. The van der Waals surface area contributed by atoms with E-state index in [0.717, 1.165) is 16.6 Å². The molecule has 1 heterocycles. The van der Waals surface area contributed by atoms with E-state index in [2.05, 4.69) is 42.0 Å². The van der Waals surface area contributed by atoms with Crippen LogP contribution < -0.4 is 0 Å². The van der Waals surface area contributed by atoms with Gasteiger partial charge < -0.3 is 4.98 Å². The van der Waals surface area contributed by atoms with E-state index < -0.39 is 0 Å². The number of nitriles is 1. The average Bonchev–Trinajstić information content (AvgIpc) is 2.95. The fraction of sp³-hybridized carbons (Fsp3) is 0.200. The van der Waals surface area contributed by atoms with Gasteiger partial charge in [0.1, 0.15) is 11.9 Å². The van der Waals surface area contributed by atoms with Gasteiger partial charge in [-0.05, 0) is 47.7 Å². The van der Waals surface area contributed by atoms with Gasteiger partial charge in [0.15, 0.2) is 0 Å². The van der Waals surface area contributed by atoms with E-state index in [-0.39, 0.29) is 0 Å². The molecule has 2 aromatic carbocycles. The zero-order valence-electron chi connectivity index (χ0n) is 13.6. The zero-order valence-corrected chi connectivity index (χ0v) is 13.6. The molecule has 0 aliphatic heterocycles. The summed E-state index contributed by atoms with van der Waals surface area (Å²) in [5, 5.41) is 9.49. The van der Waals surface area contributed by atoms with Gasteiger partial charge in [-0.3, -0.25) is 0 Å². The fourth-order valence-electron chi connectivity index (χ4n) is 2.55. The number of H-pyrrole nitrogens is 1. The molecule has 0 bridgehead atoms. The predicted octanol–water partition coefficient (Wildman–Crippen LogP) is 5.06. The van der Waals surface area contributed by atoms with Crippen LogP contribution in [-0.4, -0.2) is 9.97 Å². The number of hydrogen-bond donors (Lipinski definition) is 1. The van der Waals surface area contributed by atoms with Crippen LogP contribution in [0.5, 0.6) is 0 Å². The van der Waals surface area contributed by atoms with Crippen LogP contribution in [0.2, 0.25) is 0 Å². The second kappa shape index (κ2) is 6.10. The van der Waals surface area contributed by atoms with E-state index >= 15 is 0 Å². The summed E-state index contributed by atoms with van der Waals surface area (Å²) in [5.74, 6) is 1.11. The minimum Gasteiger partial charge on any atom is -0.337 e. The van der Waals surface area contributed by atoms with Gasteiger partial charge >= 0.3 is 0 Å². The summed E-state index contributed by atoms with van der Waals surface area (Å²) in [7, 11) is 0. The van der Waals surface area contributed by atoms with Gasteiger partial charge in [0.25, 0.3) is 0 Å². The van der Waals surface area contributed by atoms with E-state index in [1.165, 1.54) is 11.1 Å². The smallest absolute Gasteiger partial charge is 0.149 e. The van der Waals surface area contributed by atoms with Gasteiger partial charge in [-0.1, -0.05) is 44.2 Å². The quantitative estimate of drug-likeness (QED) is 0.687. The van der Waals surface area contributed by atoms with Crippen molar-refractivity contribution in [3.8, 4) is 6.07 Å². The van der Waals surface area contributed by atoms with Crippen molar-refractivity contribution in [3.63, 3.8) is 0 Å². The standard InChI is InChI=1S/C20H19N3/c1-13(2)16-7-5-15(6-8-16)11-17(12-21)20-22-18-9-4-14(3)10-19(18)23-20/h4-11,13H,1-3H3,(H,22,23)/b17-11+. The molecule has 0 atom stereocenters. The number of imidazole rings is 1. The molecule has 3 rings (SSSR count). The number of rotatable bonds is 3. The summed E-state index contributed by atoms with van der Waals surface area (Å²) in [5.41, 5.74) is 5.83. The van der Waals surface area contributed by atoms with Crippen molar-refractivity contribution >= 4 is 22.7 Å². The first-order valence-corrected chi connectivity index (χ1v) is 7.75. The molecule has 3 heteroatoms. The summed E-state index contributed by atoms with van der Waals surface area (Å²) in [6.07, 6.45) is 1.87. The number of hydrogen-bond acceptors (Lipinski definition) is 2. The average molecular weight is 301 g/mol. The maximum Gasteiger partial charge on any atom is 0.149 e. The molecular weight excluding hydrogens is 282 g/mol.